The molecule has 1 atom stereocenters. The summed E-state index contributed by atoms with van der Waals surface area (Å²) >= 11 is 0. The van der Waals surface area contributed by atoms with Gasteiger partial charge in [-0.25, -0.2) is 4.98 Å². The summed E-state index contributed by atoms with van der Waals surface area (Å²) in [4.78, 5) is 3.95. The number of hydrogen-bond acceptors (Lipinski definition) is 3. The molecule has 0 saturated heterocycles. The van der Waals surface area contributed by atoms with Crippen molar-refractivity contribution in [1.29, 1.82) is 0 Å². The lowest BCUT2D eigenvalue weighted by molar-refractivity contribution is 0.0511. The molecule has 13 heavy (non-hydrogen) atoms. The number of aromatic nitrogens is 2. The molecule has 0 amide bonds. The van der Waals surface area contributed by atoms with Crippen molar-refractivity contribution >= 4 is 5.82 Å². The third-order valence-electron chi connectivity index (χ3n) is 2.09. The van der Waals surface area contributed by atoms with Gasteiger partial charge in [-0.2, -0.15) is 0 Å². The van der Waals surface area contributed by atoms with Crippen molar-refractivity contribution < 1.29 is 4.74 Å². The molecule has 1 heterocycles. The van der Waals surface area contributed by atoms with Crippen molar-refractivity contribution in [1.82, 2.24) is 9.55 Å². The predicted molar refractivity (Wildman–Crippen MR) is 52.3 cm³/mol. The van der Waals surface area contributed by atoms with Gasteiger partial charge in [-0.15, -0.1) is 0 Å². The van der Waals surface area contributed by atoms with Gasteiger partial charge in [-0.05, 0) is 5.92 Å². The van der Waals surface area contributed by atoms with Crippen LogP contribution in [0.4, 0.5) is 5.82 Å². The summed E-state index contributed by atoms with van der Waals surface area (Å²) in [5, 5.41) is 0. The van der Waals surface area contributed by atoms with E-state index in [0.717, 1.165) is 6.54 Å². The van der Waals surface area contributed by atoms with E-state index in [9.17, 15) is 0 Å². The maximum atomic E-state index is 5.50. The van der Waals surface area contributed by atoms with Crippen LogP contribution < -0.4 is 5.73 Å². The van der Waals surface area contributed by atoms with Crippen LogP contribution in [0.25, 0.3) is 0 Å². The lowest BCUT2D eigenvalue weighted by Crippen LogP contribution is -2.23. The lowest BCUT2D eigenvalue weighted by Gasteiger charge is -2.19. The molecule has 2 N–H and O–H groups in total. The Kier molecular flexibility index (Phi) is 3.31. The molecule has 0 fully saturated rings. The molecule has 0 aliphatic rings. The maximum absolute atomic E-state index is 5.50. The van der Waals surface area contributed by atoms with E-state index in [1.54, 1.807) is 13.4 Å². The van der Waals surface area contributed by atoms with Gasteiger partial charge in [-0.3, -0.25) is 0 Å². The first kappa shape index (κ1) is 10.1. The number of hydrogen-bond donors (Lipinski definition) is 1. The predicted octanol–water partition coefficient (Wildman–Crippen LogP) is 1.14. The monoisotopic (exact) mass is 183 g/mol. The molecule has 0 radical (unpaired) electrons. The quantitative estimate of drug-likeness (QED) is 0.761. The Morgan fingerprint density at radius 1 is 1.62 bits per heavy atom. The van der Waals surface area contributed by atoms with Crippen molar-refractivity contribution in [3.8, 4) is 0 Å². The van der Waals surface area contributed by atoms with Crippen LogP contribution in [0, 0.1) is 5.92 Å². The van der Waals surface area contributed by atoms with Crippen LogP contribution >= 0.6 is 0 Å². The minimum Gasteiger partial charge on any atom is -0.382 e. The molecule has 0 bridgehead atoms. The van der Waals surface area contributed by atoms with Gasteiger partial charge in [0.1, 0.15) is 5.82 Å². The molecule has 4 heteroatoms. The van der Waals surface area contributed by atoms with Crippen LogP contribution in [0.3, 0.4) is 0 Å². The van der Waals surface area contributed by atoms with Crippen molar-refractivity contribution in [3.63, 3.8) is 0 Å². The van der Waals surface area contributed by atoms with E-state index < -0.39 is 0 Å². The molecular formula is C9H17N3O. The highest BCUT2D eigenvalue weighted by molar-refractivity contribution is 5.22. The van der Waals surface area contributed by atoms with E-state index in [1.807, 2.05) is 10.8 Å². The highest BCUT2D eigenvalue weighted by atomic mass is 16.5. The number of nitrogen functional groups attached to an aromatic ring is 1. The van der Waals surface area contributed by atoms with E-state index in [1.165, 1.54) is 0 Å². The zero-order valence-corrected chi connectivity index (χ0v) is 8.40. The molecule has 1 unspecified atom stereocenters. The zero-order valence-electron chi connectivity index (χ0n) is 8.40. The van der Waals surface area contributed by atoms with E-state index >= 15 is 0 Å². The summed E-state index contributed by atoms with van der Waals surface area (Å²) in [5.74, 6) is 1.05. The Hall–Kier alpha value is -1.03. The number of ether oxygens (including phenoxy) is 1. The number of nitrogens with two attached hydrogens (primary N) is 1. The minimum atomic E-state index is 0.216. The number of anilines is 1. The molecule has 0 aliphatic heterocycles. The Labute approximate surface area is 78.7 Å². The fourth-order valence-corrected chi connectivity index (χ4v) is 1.24. The molecule has 74 valence electrons. The fourth-order valence-electron chi connectivity index (χ4n) is 1.24. The van der Waals surface area contributed by atoms with Gasteiger partial charge in [0, 0.05) is 13.3 Å². The number of imidazole rings is 1. The zero-order chi connectivity index (χ0) is 9.84. The summed E-state index contributed by atoms with van der Waals surface area (Å²) in [6, 6.07) is 0. The summed E-state index contributed by atoms with van der Waals surface area (Å²) in [7, 11) is 1.73. The summed E-state index contributed by atoms with van der Waals surface area (Å²) < 4.78 is 7.28. The van der Waals surface area contributed by atoms with Crippen molar-refractivity contribution in [2.24, 2.45) is 5.92 Å². The van der Waals surface area contributed by atoms with Crippen LogP contribution in [0.1, 0.15) is 13.8 Å². The smallest absolute Gasteiger partial charge is 0.141 e. The highest BCUT2D eigenvalue weighted by Crippen LogP contribution is 2.09. The Bertz CT molecular complexity index is 257. The SMILES string of the molecule is COC(Cn1cnc(N)c1)C(C)C. The molecule has 1 aromatic heterocycles. The third-order valence-corrected chi connectivity index (χ3v) is 2.09. The molecule has 0 aliphatic carbocycles. The average Bonchev–Trinajstić information content (AvgIpc) is 2.46. The van der Waals surface area contributed by atoms with Crippen molar-refractivity contribution in [3.05, 3.63) is 12.5 Å². The molecule has 4 nitrogen and oxygen atoms in total. The van der Waals surface area contributed by atoms with E-state index in [4.69, 9.17) is 10.5 Å². The topological polar surface area (TPSA) is 53.1 Å². The second-order valence-corrected chi connectivity index (χ2v) is 3.51. The number of methoxy groups -OCH3 is 1. The average molecular weight is 183 g/mol. The Morgan fingerprint density at radius 3 is 2.69 bits per heavy atom. The first-order valence-electron chi connectivity index (χ1n) is 4.43. The third kappa shape index (κ3) is 2.73. The van der Waals surface area contributed by atoms with Gasteiger partial charge in [0.2, 0.25) is 0 Å². The van der Waals surface area contributed by atoms with Gasteiger partial charge in [0.05, 0.1) is 19.0 Å². The summed E-state index contributed by atoms with van der Waals surface area (Å²) in [6.07, 6.45) is 3.76. The van der Waals surface area contributed by atoms with E-state index in [2.05, 4.69) is 18.8 Å². The standard InChI is InChI=1S/C9H17N3O/c1-7(2)8(13-3)4-12-5-9(10)11-6-12/h5-8H,4,10H2,1-3H3. The Morgan fingerprint density at radius 2 is 2.31 bits per heavy atom. The second kappa shape index (κ2) is 4.28. The molecule has 1 aromatic rings. The summed E-state index contributed by atoms with van der Waals surface area (Å²) in [6.45, 7) is 5.07. The van der Waals surface area contributed by atoms with Crippen molar-refractivity contribution in [2.45, 2.75) is 26.5 Å². The molecule has 0 spiro atoms. The van der Waals surface area contributed by atoms with Gasteiger partial charge in [-0.1, -0.05) is 13.8 Å². The molecule has 0 saturated carbocycles. The second-order valence-electron chi connectivity index (χ2n) is 3.51. The lowest BCUT2D eigenvalue weighted by atomic mass is 10.1. The Balaban J connectivity index is 2.56. The summed E-state index contributed by atoms with van der Waals surface area (Å²) in [5.41, 5.74) is 5.50. The van der Waals surface area contributed by atoms with Crippen LogP contribution in [-0.4, -0.2) is 22.8 Å². The minimum absolute atomic E-state index is 0.216. The van der Waals surface area contributed by atoms with Gasteiger partial charge >= 0.3 is 0 Å². The molecule has 0 aromatic carbocycles. The largest absolute Gasteiger partial charge is 0.382 e. The normalized spacial score (nSPS) is 13.5. The number of rotatable bonds is 4. The number of nitrogens with zero attached hydrogens (tertiary/aromatic N) is 2. The van der Waals surface area contributed by atoms with Gasteiger partial charge in [0.15, 0.2) is 0 Å². The van der Waals surface area contributed by atoms with Crippen molar-refractivity contribution in [2.75, 3.05) is 12.8 Å². The van der Waals surface area contributed by atoms with Crippen LogP contribution in [0.15, 0.2) is 12.5 Å². The van der Waals surface area contributed by atoms with Gasteiger partial charge in [0.25, 0.3) is 0 Å². The fraction of sp³-hybridized carbons (Fsp3) is 0.667. The van der Waals surface area contributed by atoms with Crippen LogP contribution in [0.2, 0.25) is 0 Å². The molecular weight excluding hydrogens is 166 g/mol. The van der Waals surface area contributed by atoms with Crippen LogP contribution in [0.5, 0.6) is 0 Å². The van der Waals surface area contributed by atoms with Crippen LogP contribution in [-0.2, 0) is 11.3 Å². The highest BCUT2D eigenvalue weighted by Gasteiger charge is 2.12. The first-order valence-corrected chi connectivity index (χ1v) is 4.43. The van der Waals surface area contributed by atoms with Gasteiger partial charge < -0.3 is 15.0 Å². The molecule has 1 rings (SSSR count). The van der Waals surface area contributed by atoms with E-state index in [0.29, 0.717) is 11.7 Å². The first-order chi connectivity index (χ1) is 6.13. The van der Waals surface area contributed by atoms with E-state index in [-0.39, 0.29) is 6.10 Å². The maximum Gasteiger partial charge on any atom is 0.141 e.